The van der Waals surface area contributed by atoms with E-state index in [4.69, 9.17) is 21.4 Å². The van der Waals surface area contributed by atoms with E-state index in [-0.39, 0.29) is 18.9 Å². The molecular weight excluding hydrogens is 294 g/mol. The van der Waals surface area contributed by atoms with Crippen molar-refractivity contribution in [3.63, 3.8) is 0 Å². The van der Waals surface area contributed by atoms with Gasteiger partial charge in [0.1, 0.15) is 5.75 Å². The molecule has 2 aromatic rings. The molecule has 0 aliphatic carbocycles. The van der Waals surface area contributed by atoms with Crippen molar-refractivity contribution in [2.75, 3.05) is 6.61 Å². The lowest BCUT2D eigenvalue weighted by Gasteiger charge is -2.09. The van der Waals surface area contributed by atoms with Crippen molar-refractivity contribution < 1.29 is 14.8 Å². The van der Waals surface area contributed by atoms with Crippen molar-refractivity contribution >= 4 is 17.3 Å². The van der Waals surface area contributed by atoms with Crippen LogP contribution in [0.3, 0.4) is 0 Å². The lowest BCUT2D eigenvalue weighted by molar-refractivity contribution is -0.385. The van der Waals surface area contributed by atoms with Crippen LogP contribution in [0.4, 0.5) is 5.69 Å². The molecule has 0 bridgehead atoms. The highest BCUT2D eigenvalue weighted by molar-refractivity contribution is 6.32. The summed E-state index contributed by atoms with van der Waals surface area (Å²) in [6.45, 7) is 0.194. The first kappa shape index (κ1) is 15.3. The molecule has 0 spiro atoms. The van der Waals surface area contributed by atoms with Crippen LogP contribution in [0.1, 0.15) is 11.1 Å². The van der Waals surface area contributed by atoms with E-state index in [1.165, 1.54) is 6.07 Å². The molecule has 6 heteroatoms. The van der Waals surface area contributed by atoms with Crippen molar-refractivity contribution in [3.8, 4) is 5.75 Å². The summed E-state index contributed by atoms with van der Waals surface area (Å²) in [6.07, 6.45) is 0.412. The quantitative estimate of drug-likeness (QED) is 0.656. The molecule has 0 radical (unpaired) electrons. The highest BCUT2D eigenvalue weighted by Crippen LogP contribution is 2.26. The van der Waals surface area contributed by atoms with E-state index >= 15 is 0 Å². The minimum atomic E-state index is -0.404. The van der Waals surface area contributed by atoms with Crippen LogP contribution in [0.2, 0.25) is 5.02 Å². The molecule has 0 saturated heterocycles. The van der Waals surface area contributed by atoms with Gasteiger partial charge >= 0.3 is 0 Å². The number of ether oxygens (including phenoxy) is 1. The molecule has 0 fully saturated rings. The van der Waals surface area contributed by atoms with E-state index < -0.39 is 4.92 Å². The highest BCUT2D eigenvalue weighted by atomic mass is 35.5. The molecule has 0 unspecified atom stereocenters. The predicted octanol–water partition coefficient (Wildman–Crippen LogP) is 3.36. The number of rotatable bonds is 6. The lowest BCUT2D eigenvalue weighted by atomic mass is 10.1. The zero-order valence-corrected chi connectivity index (χ0v) is 11.9. The summed E-state index contributed by atoms with van der Waals surface area (Å²) >= 11 is 6.03. The molecule has 0 saturated carbocycles. The van der Waals surface area contributed by atoms with Crippen molar-refractivity contribution in [3.05, 3.63) is 68.7 Å². The molecule has 0 atom stereocenters. The van der Waals surface area contributed by atoms with Crippen molar-refractivity contribution in [2.24, 2.45) is 0 Å². The first-order valence-electron chi connectivity index (χ1n) is 6.36. The summed E-state index contributed by atoms with van der Waals surface area (Å²) in [5.41, 5.74) is 1.40. The van der Waals surface area contributed by atoms with Crippen LogP contribution >= 0.6 is 11.6 Å². The molecular formula is C15H14ClNO4. The molecule has 2 aromatic carbocycles. The smallest absolute Gasteiger partial charge is 0.272 e. The summed E-state index contributed by atoms with van der Waals surface area (Å²) in [5.74, 6) is 0.493. The van der Waals surface area contributed by atoms with Crippen LogP contribution < -0.4 is 4.74 Å². The SMILES string of the molecule is O=[N+]([O-])c1ccccc1CCOc1ccc(CO)cc1Cl. The van der Waals surface area contributed by atoms with Gasteiger partial charge in [0.05, 0.1) is 23.2 Å². The number of para-hydroxylation sites is 1. The number of nitrogens with zero attached hydrogens (tertiary/aromatic N) is 1. The Morgan fingerprint density at radius 1 is 1.24 bits per heavy atom. The van der Waals surface area contributed by atoms with Gasteiger partial charge in [-0.1, -0.05) is 35.9 Å². The van der Waals surface area contributed by atoms with Gasteiger partial charge in [0.15, 0.2) is 0 Å². The molecule has 21 heavy (non-hydrogen) atoms. The Balaban J connectivity index is 2.00. The third kappa shape index (κ3) is 3.93. The van der Waals surface area contributed by atoms with Crippen molar-refractivity contribution in [1.82, 2.24) is 0 Å². The predicted molar refractivity (Wildman–Crippen MR) is 79.7 cm³/mol. The summed E-state index contributed by atoms with van der Waals surface area (Å²) in [4.78, 5) is 10.5. The molecule has 110 valence electrons. The third-order valence-corrected chi connectivity index (χ3v) is 3.29. The summed E-state index contributed by atoms with van der Waals surface area (Å²) < 4.78 is 5.54. The van der Waals surface area contributed by atoms with Crippen molar-refractivity contribution in [1.29, 1.82) is 0 Å². The second kappa shape index (κ2) is 7.06. The second-order valence-corrected chi connectivity index (χ2v) is 4.81. The van der Waals surface area contributed by atoms with Gasteiger partial charge in [0.25, 0.3) is 5.69 Å². The Kier molecular flexibility index (Phi) is 5.14. The Hall–Kier alpha value is -2.11. The largest absolute Gasteiger partial charge is 0.492 e. The fourth-order valence-corrected chi connectivity index (χ4v) is 2.19. The van der Waals surface area contributed by atoms with Gasteiger partial charge in [-0.25, -0.2) is 0 Å². The third-order valence-electron chi connectivity index (χ3n) is 3.00. The van der Waals surface area contributed by atoms with Crippen LogP contribution in [0, 0.1) is 10.1 Å². The molecule has 0 heterocycles. The monoisotopic (exact) mass is 307 g/mol. The summed E-state index contributed by atoms with van der Waals surface area (Å²) in [6, 6.07) is 11.6. The normalized spacial score (nSPS) is 10.4. The maximum absolute atomic E-state index is 10.9. The number of nitro groups is 1. The summed E-state index contributed by atoms with van der Waals surface area (Å²) in [5, 5.41) is 20.3. The number of aliphatic hydroxyl groups excluding tert-OH is 1. The average molecular weight is 308 g/mol. The summed E-state index contributed by atoms with van der Waals surface area (Å²) in [7, 11) is 0. The molecule has 0 aromatic heterocycles. The number of aliphatic hydroxyl groups is 1. The van der Waals surface area contributed by atoms with Crippen LogP contribution in [0.25, 0.3) is 0 Å². The van der Waals surface area contributed by atoms with Crippen LogP contribution in [0.5, 0.6) is 5.75 Å². The van der Waals surface area contributed by atoms with Gasteiger partial charge in [0, 0.05) is 18.1 Å². The van der Waals surface area contributed by atoms with E-state index in [0.29, 0.717) is 28.3 Å². The number of hydrogen-bond donors (Lipinski definition) is 1. The van der Waals surface area contributed by atoms with Gasteiger partial charge in [0.2, 0.25) is 0 Å². The van der Waals surface area contributed by atoms with Gasteiger partial charge < -0.3 is 9.84 Å². The Labute approximate surface area is 126 Å². The standard InChI is InChI=1S/C15H14ClNO4/c16-13-9-11(10-18)5-6-15(13)21-8-7-12-3-1-2-4-14(12)17(19)20/h1-6,9,18H,7-8,10H2. The van der Waals surface area contributed by atoms with E-state index in [1.807, 2.05) is 0 Å². The van der Waals surface area contributed by atoms with Crippen LogP contribution in [-0.2, 0) is 13.0 Å². The van der Waals surface area contributed by atoms with Gasteiger partial charge in [-0.05, 0) is 17.7 Å². The maximum Gasteiger partial charge on any atom is 0.272 e. The zero-order valence-electron chi connectivity index (χ0n) is 11.2. The highest BCUT2D eigenvalue weighted by Gasteiger charge is 2.12. The molecule has 0 amide bonds. The Morgan fingerprint density at radius 3 is 2.67 bits per heavy atom. The maximum atomic E-state index is 10.9. The van der Waals surface area contributed by atoms with Gasteiger partial charge in [-0.15, -0.1) is 0 Å². The zero-order chi connectivity index (χ0) is 15.2. The molecule has 5 nitrogen and oxygen atoms in total. The second-order valence-electron chi connectivity index (χ2n) is 4.41. The number of benzene rings is 2. The van der Waals surface area contributed by atoms with Gasteiger partial charge in [-0.2, -0.15) is 0 Å². The van der Waals surface area contributed by atoms with E-state index in [2.05, 4.69) is 0 Å². The fraction of sp³-hybridized carbons (Fsp3) is 0.200. The Morgan fingerprint density at radius 2 is 2.00 bits per heavy atom. The molecule has 2 rings (SSSR count). The fourth-order valence-electron chi connectivity index (χ4n) is 1.93. The lowest BCUT2D eigenvalue weighted by Crippen LogP contribution is -2.04. The molecule has 0 aliphatic rings. The first-order valence-corrected chi connectivity index (χ1v) is 6.74. The first-order chi connectivity index (χ1) is 10.1. The number of hydrogen-bond acceptors (Lipinski definition) is 4. The minimum Gasteiger partial charge on any atom is -0.492 e. The van der Waals surface area contributed by atoms with E-state index in [0.717, 1.165) is 0 Å². The van der Waals surface area contributed by atoms with E-state index in [9.17, 15) is 10.1 Å². The number of nitro benzene ring substituents is 1. The van der Waals surface area contributed by atoms with Crippen molar-refractivity contribution in [2.45, 2.75) is 13.0 Å². The van der Waals surface area contributed by atoms with Crippen LogP contribution in [0.15, 0.2) is 42.5 Å². The van der Waals surface area contributed by atoms with Crippen LogP contribution in [-0.4, -0.2) is 16.6 Å². The minimum absolute atomic E-state index is 0.0859. The van der Waals surface area contributed by atoms with E-state index in [1.54, 1.807) is 36.4 Å². The topological polar surface area (TPSA) is 72.6 Å². The Bertz CT molecular complexity index is 645. The number of halogens is 1. The molecule has 0 aliphatic heterocycles. The van der Waals surface area contributed by atoms with Gasteiger partial charge in [-0.3, -0.25) is 10.1 Å². The molecule has 1 N–H and O–H groups in total. The average Bonchev–Trinajstić information content (AvgIpc) is 2.49.